The van der Waals surface area contributed by atoms with Crippen LogP contribution in [0.1, 0.15) is 12.0 Å². The summed E-state index contributed by atoms with van der Waals surface area (Å²) in [5.74, 6) is 1.68. The number of rotatable bonds is 6. The zero-order valence-corrected chi connectivity index (χ0v) is 13.3. The minimum absolute atomic E-state index is 0.780. The van der Waals surface area contributed by atoms with E-state index >= 15 is 0 Å². The molecule has 0 bridgehead atoms. The van der Waals surface area contributed by atoms with Crippen LogP contribution in [0, 0.1) is 0 Å². The summed E-state index contributed by atoms with van der Waals surface area (Å²) in [6.07, 6.45) is 3.98. The Bertz CT molecular complexity index is 626. The van der Waals surface area contributed by atoms with E-state index in [1.807, 2.05) is 12.3 Å². The molecule has 0 amide bonds. The summed E-state index contributed by atoms with van der Waals surface area (Å²) in [5, 5.41) is 3.38. The Morgan fingerprint density at radius 3 is 2.95 bits per heavy atom. The van der Waals surface area contributed by atoms with Gasteiger partial charge in [-0.2, -0.15) is 4.98 Å². The Kier molecular flexibility index (Phi) is 4.53. The highest BCUT2D eigenvalue weighted by Crippen LogP contribution is 2.32. The Balaban J connectivity index is 1.67. The molecule has 0 aliphatic carbocycles. The molecular weight excluding hydrogens is 274 g/mol. The fourth-order valence-corrected chi connectivity index (χ4v) is 2.73. The number of hydrogen-bond acceptors (Lipinski definition) is 5. The van der Waals surface area contributed by atoms with E-state index in [2.05, 4.69) is 63.4 Å². The molecule has 2 heterocycles. The Hall–Kier alpha value is -2.14. The van der Waals surface area contributed by atoms with Gasteiger partial charge in [0.15, 0.2) is 0 Å². The van der Waals surface area contributed by atoms with Crippen LogP contribution in [0.25, 0.3) is 0 Å². The van der Waals surface area contributed by atoms with E-state index < -0.39 is 0 Å². The van der Waals surface area contributed by atoms with Crippen LogP contribution in [0.5, 0.6) is 0 Å². The quantitative estimate of drug-likeness (QED) is 0.830. The Labute approximate surface area is 132 Å². The molecule has 0 unspecified atom stereocenters. The molecule has 22 heavy (non-hydrogen) atoms. The molecule has 0 fully saturated rings. The molecule has 0 radical (unpaired) electrons. The number of para-hydroxylation sites is 1. The van der Waals surface area contributed by atoms with Gasteiger partial charge in [0.05, 0.1) is 0 Å². The highest BCUT2D eigenvalue weighted by Gasteiger charge is 2.21. The van der Waals surface area contributed by atoms with Crippen molar-refractivity contribution in [3.8, 4) is 0 Å². The highest BCUT2D eigenvalue weighted by molar-refractivity contribution is 5.66. The first kappa shape index (κ1) is 14.8. The molecule has 116 valence electrons. The van der Waals surface area contributed by atoms with E-state index in [0.717, 1.165) is 44.2 Å². The monoisotopic (exact) mass is 297 g/mol. The Morgan fingerprint density at radius 1 is 1.23 bits per heavy atom. The van der Waals surface area contributed by atoms with Gasteiger partial charge in [0.1, 0.15) is 5.82 Å². The van der Waals surface area contributed by atoms with Crippen LogP contribution in [-0.2, 0) is 6.42 Å². The lowest BCUT2D eigenvalue weighted by molar-refractivity contribution is 0.405. The lowest BCUT2D eigenvalue weighted by Crippen LogP contribution is -2.18. The summed E-state index contributed by atoms with van der Waals surface area (Å²) in [6, 6.07) is 10.4. The molecule has 1 aliphatic heterocycles. The third-order valence-electron chi connectivity index (χ3n) is 3.86. The van der Waals surface area contributed by atoms with Gasteiger partial charge in [-0.25, -0.2) is 4.98 Å². The smallest absolute Gasteiger partial charge is 0.231 e. The molecule has 1 aromatic carbocycles. The number of nitrogens with zero attached hydrogens (tertiary/aromatic N) is 4. The molecule has 5 nitrogen and oxygen atoms in total. The van der Waals surface area contributed by atoms with Crippen LogP contribution in [0.15, 0.2) is 36.5 Å². The molecule has 2 aromatic rings. The summed E-state index contributed by atoms with van der Waals surface area (Å²) < 4.78 is 0. The lowest BCUT2D eigenvalue weighted by Gasteiger charge is -2.18. The molecule has 3 rings (SSSR count). The zero-order chi connectivity index (χ0) is 15.4. The van der Waals surface area contributed by atoms with Gasteiger partial charge in [-0.1, -0.05) is 18.2 Å². The van der Waals surface area contributed by atoms with Gasteiger partial charge in [-0.3, -0.25) is 0 Å². The first-order chi connectivity index (χ1) is 10.7. The van der Waals surface area contributed by atoms with Crippen molar-refractivity contribution in [2.75, 3.05) is 43.9 Å². The van der Waals surface area contributed by atoms with Crippen molar-refractivity contribution in [1.82, 2.24) is 14.9 Å². The lowest BCUT2D eigenvalue weighted by atomic mass is 10.2. The molecule has 0 spiro atoms. The number of nitrogens with one attached hydrogen (secondary N) is 1. The molecule has 1 aliphatic rings. The van der Waals surface area contributed by atoms with Crippen LogP contribution in [-0.4, -0.2) is 48.6 Å². The average molecular weight is 297 g/mol. The number of fused-ring (bicyclic) bond motifs is 1. The van der Waals surface area contributed by atoms with Crippen molar-refractivity contribution in [3.05, 3.63) is 42.1 Å². The van der Waals surface area contributed by atoms with Crippen LogP contribution < -0.4 is 10.2 Å². The van der Waals surface area contributed by atoms with Crippen molar-refractivity contribution in [1.29, 1.82) is 0 Å². The third kappa shape index (κ3) is 3.36. The van der Waals surface area contributed by atoms with E-state index in [4.69, 9.17) is 0 Å². The molecule has 1 N–H and O–H groups in total. The maximum Gasteiger partial charge on any atom is 0.231 e. The maximum atomic E-state index is 4.66. The first-order valence-electron chi connectivity index (χ1n) is 7.81. The predicted octanol–water partition coefficient (Wildman–Crippen LogP) is 2.53. The van der Waals surface area contributed by atoms with E-state index in [0.29, 0.717) is 0 Å². The molecule has 0 saturated carbocycles. The van der Waals surface area contributed by atoms with Crippen molar-refractivity contribution < 1.29 is 0 Å². The largest absolute Gasteiger partial charge is 0.370 e. The van der Waals surface area contributed by atoms with Crippen LogP contribution in [0.2, 0.25) is 0 Å². The minimum Gasteiger partial charge on any atom is -0.370 e. The van der Waals surface area contributed by atoms with E-state index in [1.165, 1.54) is 11.3 Å². The SMILES string of the molecule is CN(C)CCCNc1ccnc(N2CCc3ccccc32)n1. The Morgan fingerprint density at radius 2 is 2.09 bits per heavy atom. The average Bonchev–Trinajstić information content (AvgIpc) is 2.96. The van der Waals surface area contributed by atoms with Crippen molar-refractivity contribution >= 4 is 17.5 Å². The van der Waals surface area contributed by atoms with Crippen molar-refractivity contribution in [2.24, 2.45) is 0 Å². The summed E-state index contributed by atoms with van der Waals surface area (Å²) in [6.45, 7) is 2.94. The molecule has 5 heteroatoms. The van der Waals surface area contributed by atoms with Crippen molar-refractivity contribution in [3.63, 3.8) is 0 Å². The van der Waals surface area contributed by atoms with Gasteiger partial charge in [-0.15, -0.1) is 0 Å². The second kappa shape index (κ2) is 6.75. The molecule has 0 saturated heterocycles. The number of benzene rings is 1. The second-order valence-corrected chi connectivity index (χ2v) is 5.86. The number of anilines is 3. The maximum absolute atomic E-state index is 4.66. The summed E-state index contributed by atoms with van der Waals surface area (Å²) in [5.41, 5.74) is 2.60. The minimum atomic E-state index is 0.780. The predicted molar refractivity (Wildman–Crippen MR) is 90.8 cm³/mol. The number of aromatic nitrogens is 2. The van der Waals surface area contributed by atoms with Gasteiger partial charge in [0.2, 0.25) is 5.95 Å². The van der Waals surface area contributed by atoms with Gasteiger partial charge in [0.25, 0.3) is 0 Å². The van der Waals surface area contributed by atoms with E-state index in [-0.39, 0.29) is 0 Å². The van der Waals surface area contributed by atoms with Crippen LogP contribution in [0.3, 0.4) is 0 Å². The fraction of sp³-hybridized carbons (Fsp3) is 0.412. The molecule has 1 aromatic heterocycles. The zero-order valence-electron chi connectivity index (χ0n) is 13.3. The van der Waals surface area contributed by atoms with Gasteiger partial charge in [0, 0.05) is 25.0 Å². The van der Waals surface area contributed by atoms with Crippen molar-refractivity contribution in [2.45, 2.75) is 12.8 Å². The first-order valence-corrected chi connectivity index (χ1v) is 7.81. The van der Waals surface area contributed by atoms with Gasteiger partial charge >= 0.3 is 0 Å². The van der Waals surface area contributed by atoms with Crippen LogP contribution >= 0.6 is 0 Å². The highest BCUT2D eigenvalue weighted by atomic mass is 15.3. The second-order valence-electron chi connectivity index (χ2n) is 5.86. The fourth-order valence-electron chi connectivity index (χ4n) is 2.73. The van der Waals surface area contributed by atoms with Crippen LogP contribution in [0.4, 0.5) is 17.5 Å². The standard InChI is InChI=1S/C17H23N5/c1-21(2)12-5-10-18-16-8-11-19-17(20-16)22-13-9-14-6-3-4-7-15(14)22/h3-4,6-8,11H,5,9-10,12-13H2,1-2H3,(H,18,19,20). The van der Waals surface area contributed by atoms with Gasteiger partial charge < -0.3 is 15.1 Å². The molecular formula is C17H23N5. The normalized spacial score (nSPS) is 13.5. The summed E-state index contributed by atoms with van der Waals surface area (Å²) in [4.78, 5) is 13.5. The number of hydrogen-bond donors (Lipinski definition) is 1. The van der Waals surface area contributed by atoms with E-state index in [1.54, 1.807) is 0 Å². The molecule has 0 atom stereocenters. The topological polar surface area (TPSA) is 44.3 Å². The van der Waals surface area contributed by atoms with Gasteiger partial charge in [-0.05, 0) is 51.2 Å². The summed E-state index contributed by atoms with van der Waals surface area (Å²) >= 11 is 0. The summed E-state index contributed by atoms with van der Waals surface area (Å²) in [7, 11) is 4.18. The third-order valence-corrected chi connectivity index (χ3v) is 3.86. The van der Waals surface area contributed by atoms with E-state index in [9.17, 15) is 0 Å².